The number of phenols is 1. The van der Waals surface area contributed by atoms with Crippen LogP contribution in [0.2, 0.25) is 0 Å². The van der Waals surface area contributed by atoms with E-state index in [2.05, 4.69) is 25.4 Å². The molecule has 1 atom stereocenters. The Morgan fingerprint density at radius 3 is 1.76 bits per heavy atom. The van der Waals surface area contributed by atoms with E-state index < -0.39 is 18.3 Å². The normalized spacial score (nSPS) is 11.5. The quantitative estimate of drug-likeness (QED) is 0.222. The van der Waals surface area contributed by atoms with Crippen molar-refractivity contribution in [3.63, 3.8) is 0 Å². The van der Waals surface area contributed by atoms with E-state index in [0.717, 1.165) is 17.5 Å². The van der Waals surface area contributed by atoms with E-state index in [1.54, 1.807) is 12.1 Å². The lowest BCUT2D eigenvalue weighted by Crippen LogP contribution is -2.32. The van der Waals surface area contributed by atoms with Crippen LogP contribution >= 0.6 is 0 Å². The number of aromatic hydroxyl groups is 1. The van der Waals surface area contributed by atoms with Crippen LogP contribution in [0.1, 0.15) is 23.5 Å². The minimum Gasteiger partial charge on any atom is -0.508 e. The first-order valence-corrected chi connectivity index (χ1v) is 12.1. The summed E-state index contributed by atoms with van der Waals surface area (Å²) in [6, 6.07) is 21.3. The Labute approximate surface area is 221 Å². The minimum atomic E-state index is -0.713. The average molecular weight is 524 g/mol. The first kappa shape index (κ1) is 28.3. The smallest absolute Gasteiger partial charge is 0.411 e. The number of nitrogens with one attached hydrogen (secondary N) is 3. The molecule has 0 fully saturated rings. The van der Waals surface area contributed by atoms with E-state index in [-0.39, 0.29) is 18.3 Å². The number of rotatable bonds is 12. The van der Waals surface area contributed by atoms with Gasteiger partial charge in [0.05, 0.1) is 14.2 Å². The molecule has 0 aliphatic carbocycles. The molecule has 10 nitrogen and oxygen atoms in total. The molecule has 3 rings (SSSR count). The maximum absolute atomic E-state index is 11.5. The largest absolute Gasteiger partial charge is 0.508 e. The van der Waals surface area contributed by atoms with Crippen molar-refractivity contribution in [2.75, 3.05) is 44.5 Å². The summed E-state index contributed by atoms with van der Waals surface area (Å²) in [5, 5.41) is 28.2. The third-order valence-corrected chi connectivity index (χ3v) is 5.76. The molecule has 0 aliphatic heterocycles. The number of carbonyl (C=O) groups is 2. The zero-order valence-corrected chi connectivity index (χ0v) is 21.3. The number of carbonyl (C=O) groups excluding carboxylic acids is 2. The summed E-state index contributed by atoms with van der Waals surface area (Å²) >= 11 is 0. The van der Waals surface area contributed by atoms with Crippen molar-refractivity contribution in [1.29, 1.82) is 0 Å². The van der Waals surface area contributed by atoms with Crippen molar-refractivity contribution in [2.24, 2.45) is 0 Å². The molecule has 38 heavy (non-hydrogen) atoms. The second-order valence-electron chi connectivity index (χ2n) is 8.48. The molecule has 2 amide bonds. The van der Waals surface area contributed by atoms with Crippen molar-refractivity contribution in [3.05, 3.63) is 83.9 Å². The number of methoxy groups -OCH3 is 2. The number of anilines is 2. The summed E-state index contributed by atoms with van der Waals surface area (Å²) in [4.78, 5) is 23.0. The molecule has 0 saturated heterocycles. The molecular formula is C28H33N3O7. The molecule has 0 saturated carbocycles. The molecule has 3 aromatic rings. The second kappa shape index (κ2) is 14.5. The zero-order chi connectivity index (χ0) is 27.3. The van der Waals surface area contributed by atoms with Gasteiger partial charge in [0, 0.05) is 23.8 Å². The van der Waals surface area contributed by atoms with Crippen LogP contribution in [0.25, 0.3) is 0 Å². The van der Waals surface area contributed by atoms with Gasteiger partial charge in [-0.1, -0.05) is 24.3 Å². The molecule has 0 heterocycles. The summed E-state index contributed by atoms with van der Waals surface area (Å²) < 4.78 is 14.8. The lowest BCUT2D eigenvalue weighted by Gasteiger charge is -2.20. The highest BCUT2D eigenvalue weighted by atomic mass is 16.5. The van der Waals surface area contributed by atoms with Crippen LogP contribution in [-0.2, 0) is 9.47 Å². The van der Waals surface area contributed by atoms with Gasteiger partial charge < -0.3 is 29.7 Å². The predicted octanol–water partition coefficient (Wildman–Crippen LogP) is 4.30. The molecule has 0 aromatic heterocycles. The third-order valence-electron chi connectivity index (χ3n) is 5.76. The molecule has 202 valence electrons. The van der Waals surface area contributed by atoms with Crippen LogP contribution in [0.15, 0.2) is 72.8 Å². The number of aliphatic hydroxyl groups excluding tert-OH is 1. The molecule has 5 N–H and O–H groups in total. The fourth-order valence-corrected chi connectivity index (χ4v) is 3.77. The highest BCUT2D eigenvalue weighted by molar-refractivity contribution is 5.85. The Kier molecular flexibility index (Phi) is 10.8. The van der Waals surface area contributed by atoms with Gasteiger partial charge >= 0.3 is 12.2 Å². The van der Waals surface area contributed by atoms with Gasteiger partial charge in [0.2, 0.25) is 0 Å². The minimum absolute atomic E-state index is 0.00671. The molecule has 10 heteroatoms. The number of hydrogen-bond acceptors (Lipinski definition) is 8. The van der Waals surface area contributed by atoms with E-state index in [1.807, 2.05) is 48.5 Å². The summed E-state index contributed by atoms with van der Waals surface area (Å²) in [6.45, 7) is 1.07. The number of hydrogen-bond donors (Lipinski definition) is 5. The number of amides is 2. The van der Waals surface area contributed by atoms with Crippen LogP contribution in [0.4, 0.5) is 21.0 Å². The zero-order valence-electron chi connectivity index (χ0n) is 21.3. The van der Waals surface area contributed by atoms with Crippen molar-refractivity contribution < 1.29 is 34.0 Å². The average Bonchev–Trinajstić information content (AvgIpc) is 2.94. The number of ether oxygens (including phenoxy) is 3. The summed E-state index contributed by atoms with van der Waals surface area (Å²) in [5.41, 5.74) is 3.30. The lowest BCUT2D eigenvalue weighted by molar-refractivity contribution is 0.106. The highest BCUT2D eigenvalue weighted by Gasteiger charge is 2.16. The maximum atomic E-state index is 11.5. The summed E-state index contributed by atoms with van der Waals surface area (Å²) in [5.74, 6) is 0.724. The first-order valence-electron chi connectivity index (χ1n) is 12.1. The topological polar surface area (TPSA) is 138 Å². The van der Waals surface area contributed by atoms with Gasteiger partial charge in [0.15, 0.2) is 0 Å². The van der Waals surface area contributed by atoms with Crippen molar-refractivity contribution in [1.82, 2.24) is 5.32 Å². The molecule has 0 unspecified atom stereocenters. The molecular weight excluding hydrogens is 490 g/mol. The van der Waals surface area contributed by atoms with Crippen LogP contribution in [-0.4, -0.2) is 62.4 Å². The van der Waals surface area contributed by atoms with Gasteiger partial charge in [-0.25, -0.2) is 9.59 Å². The summed E-state index contributed by atoms with van der Waals surface area (Å²) in [7, 11) is 2.61. The Bertz CT molecular complexity index is 1090. The van der Waals surface area contributed by atoms with Gasteiger partial charge in [-0.15, -0.1) is 0 Å². The predicted molar refractivity (Wildman–Crippen MR) is 144 cm³/mol. The Morgan fingerprint density at radius 1 is 0.789 bits per heavy atom. The Balaban J connectivity index is 1.61. The Morgan fingerprint density at radius 2 is 1.29 bits per heavy atom. The van der Waals surface area contributed by atoms with E-state index >= 15 is 0 Å². The number of benzene rings is 3. The molecule has 0 spiro atoms. The molecule has 3 aromatic carbocycles. The van der Waals surface area contributed by atoms with Crippen LogP contribution in [0.5, 0.6) is 11.5 Å². The SMILES string of the molecule is COC(=O)Nc1ccc(C(CCNC[C@H](O)COc2ccc(O)cc2)c2ccc(NC(=O)OC)cc2)cc1. The third kappa shape index (κ3) is 8.99. The van der Waals surface area contributed by atoms with Crippen LogP contribution in [0, 0.1) is 0 Å². The van der Waals surface area contributed by atoms with Gasteiger partial charge in [0.25, 0.3) is 0 Å². The van der Waals surface area contributed by atoms with Gasteiger partial charge in [0.1, 0.15) is 24.2 Å². The fraction of sp³-hybridized carbons (Fsp3) is 0.286. The van der Waals surface area contributed by atoms with Crippen molar-refractivity contribution in [3.8, 4) is 11.5 Å². The second-order valence-corrected chi connectivity index (χ2v) is 8.48. The molecule has 0 bridgehead atoms. The van der Waals surface area contributed by atoms with Gasteiger partial charge in [-0.2, -0.15) is 0 Å². The van der Waals surface area contributed by atoms with Crippen molar-refractivity contribution in [2.45, 2.75) is 18.4 Å². The summed E-state index contributed by atoms with van der Waals surface area (Å²) in [6.07, 6.45) is -1.08. The van der Waals surface area contributed by atoms with Gasteiger partial charge in [-0.05, 0) is 72.6 Å². The van der Waals surface area contributed by atoms with Crippen molar-refractivity contribution >= 4 is 23.6 Å². The number of aliphatic hydroxyl groups is 1. The van der Waals surface area contributed by atoms with E-state index in [1.165, 1.54) is 26.4 Å². The van der Waals surface area contributed by atoms with E-state index in [0.29, 0.717) is 30.2 Å². The number of phenolic OH excluding ortho intramolecular Hbond substituents is 1. The molecule has 0 radical (unpaired) electrons. The first-order chi connectivity index (χ1) is 18.4. The van der Waals surface area contributed by atoms with Gasteiger partial charge in [-0.3, -0.25) is 10.6 Å². The maximum Gasteiger partial charge on any atom is 0.411 e. The highest BCUT2D eigenvalue weighted by Crippen LogP contribution is 2.30. The lowest BCUT2D eigenvalue weighted by atomic mass is 9.88. The molecule has 0 aliphatic rings. The standard InChI is InChI=1S/C28H33N3O7/c1-36-27(34)30-21-7-3-19(4-8-21)26(20-5-9-22(10-6-20)31-28(35)37-2)15-16-29-17-24(33)18-38-25-13-11-23(32)12-14-25/h3-14,24,26,29,32-33H,15-18H2,1-2H3,(H,30,34)(H,31,35)/t24-/m0/s1. The van der Waals surface area contributed by atoms with Crippen LogP contribution < -0.4 is 20.7 Å². The van der Waals surface area contributed by atoms with E-state index in [9.17, 15) is 19.8 Å². The van der Waals surface area contributed by atoms with E-state index in [4.69, 9.17) is 4.74 Å². The fourth-order valence-electron chi connectivity index (χ4n) is 3.77. The monoisotopic (exact) mass is 523 g/mol. The Hall–Kier alpha value is -4.28. The van der Waals surface area contributed by atoms with Crippen LogP contribution in [0.3, 0.4) is 0 Å².